The van der Waals surface area contributed by atoms with Gasteiger partial charge in [0.25, 0.3) is 5.91 Å². The van der Waals surface area contributed by atoms with Crippen LogP contribution in [0.15, 0.2) is 22.7 Å². The summed E-state index contributed by atoms with van der Waals surface area (Å²) in [5, 5.41) is 3.16. The maximum atomic E-state index is 12.0. The van der Waals surface area contributed by atoms with Gasteiger partial charge in [-0.15, -0.1) is 0 Å². The van der Waals surface area contributed by atoms with E-state index < -0.39 is 0 Å². The monoisotopic (exact) mass is 327 g/mol. The molecule has 0 aliphatic rings. The number of carbonyl (C=O) groups is 1. The Morgan fingerprint density at radius 1 is 1.50 bits per heavy atom. The van der Waals surface area contributed by atoms with Gasteiger partial charge in [-0.25, -0.2) is 4.98 Å². The van der Waals surface area contributed by atoms with Crippen molar-refractivity contribution in [3.8, 4) is 5.75 Å². The minimum absolute atomic E-state index is 0.268. The van der Waals surface area contributed by atoms with Crippen molar-refractivity contribution in [3.05, 3.63) is 34.1 Å². The molecule has 18 heavy (non-hydrogen) atoms. The van der Waals surface area contributed by atoms with Crippen LogP contribution in [0.3, 0.4) is 0 Å². The number of rotatable bonds is 3. The number of aromatic nitrogens is 2. The molecule has 0 unspecified atom stereocenters. The number of carbonyl (C=O) groups excluding carboxylic acids is 1. The first kappa shape index (κ1) is 13.0. The quantitative estimate of drug-likeness (QED) is 0.941. The third kappa shape index (κ3) is 2.85. The first-order valence-electron chi connectivity index (χ1n) is 5.05. The van der Waals surface area contributed by atoms with Crippen molar-refractivity contribution in [1.29, 1.82) is 0 Å². The number of benzene rings is 1. The number of halogens is 1. The first-order valence-corrected chi connectivity index (χ1v) is 6.62. The van der Waals surface area contributed by atoms with Gasteiger partial charge in [-0.1, -0.05) is 15.9 Å². The second kappa shape index (κ2) is 5.45. The highest BCUT2D eigenvalue weighted by molar-refractivity contribution is 9.10. The van der Waals surface area contributed by atoms with Gasteiger partial charge in [0.05, 0.1) is 12.7 Å². The molecule has 94 valence electrons. The molecule has 1 aromatic heterocycles. The molecular formula is C11H10BrN3O2S. The molecule has 1 heterocycles. The summed E-state index contributed by atoms with van der Waals surface area (Å²) in [7, 11) is 1.52. The fourth-order valence-electron chi connectivity index (χ4n) is 1.36. The zero-order valence-electron chi connectivity index (χ0n) is 9.73. The predicted octanol–water partition coefficient (Wildman–Crippen LogP) is 2.87. The summed E-state index contributed by atoms with van der Waals surface area (Å²) in [6, 6.07) is 5.20. The van der Waals surface area contributed by atoms with Gasteiger partial charge < -0.3 is 4.74 Å². The molecule has 0 bridgehead atoms. The van der Waals surface area contributed by atoms with Gasteiger partial charge in [0.15, 0.2) is 0 Å². The van der Waals surface area contributed by atoms with Crippen molar-refractivity contribution in [2.45, 2.75) is 6.92 Å². The Labute approximate surface area is 116 Å². The Kier molecular flexibility index (Phi) is 3.93. The topological polar surface area (TPSA) is 64.1 Å². The van der Waals surface area contributed by atoms with Crippen molar-refractivity contribution in [2.75, 3.05) is 12.4 Å². The number of hydrogen-bond acceptors (Lipinski definition) is 5. The molecule has 0 radical (unpaired) electrons. The van der Waals surface area contributed by atoms with E-state index in [0.29, 0.717) is 22.3 Å². The van der Waals surface area contributed by atoms with Crippen LogP contribution in [-0.4, -0.2) is 22.4 Å². The standard InChI is InChI=1S/C11H10BrN3O2S/c1-6-13-11(18-15-6)14-10(16)8-4-3-7(12)5-9(8)17-2/h3-5H,1-2H3,(H,13,14,15,16). The fourth-order valence-corrected chi connectivity index (χ4v) is 2.28. The second-order valence-corrected chi connectivity index (χ2v) is 5.11. The third-order valence-electron chi connectivity index (χ3n) is 2.16. The van der Waals surface area contributed by atoms with Crippen molar-refractivity contribution in [2.24, 2.45) is 0 Å². The van der Waals surface area contributed by atoms with E-state index in [1.165, 1.54) is 7.11 Å². The summed E-state index contributed by atoms with van der Waals surface area (Å²) >= 11 is 4.47. The maximum absolute atomic E-state index is 12.0. The van der Waals surface area contributed by atoms with E-state index in [4.69, 9.17) is 4.74 Å². The minimum Gasteiger partial charge on any atom is -0.496 e. The predicted molar refractivity (Wildman–Crippen MR) is 73.3 cm³/mol. The fraction of sp³-hybridized carbons (Fsp3) is 0.182. The zero-order valence-corrected chi connectivity index (χ0v) is 12.1. The summed E-state index contributed by atoms with van der Waals surface area (Å²) in [4.78, 5) is 16.1. The third-order valence-corrected chi connectivity index (χ3v) is 3.37. The number of hydrogen-bond donors (Lipinski definition) is 1. The number of anilines is 1. The molecule has 0 saturated heterocycles. The lowest BCUT2D eigenvalue weighted by molar-refractivity contribution is 0.102. The summed E-state index contributed by atoms with van der Waals surface area (Å²) in [5.41, 5.74) is 0.452. The lowest BCUT2D eigenvalue weighted by Gasteiger charge is -2.07. The highest BCUT2D eigenvalue weighted by Crippen LogP contribution is 2.24. The Hall–Kier alpha value is -1.47. The van der Waals surface area contributed by atoms with E-state index in [-0.39, 0.29) is 5.91 Å². The molecular weight excluding hydrogens is 318 g/mol. The van der Waals surface area contributed by atoms with E-state index >= 15 is 0 Å². The van der Waals surface area contributed by atoms with Crippen LogP contribution in [-0.2, 0) is 0 Å². The van der Waals surface area contributed by atoms with Crippen LogP contribution in [0.25, 0.3) is 0 Å². The van der Waals surface area contributed by atoms with Gasteiger partial charge in [-0.2, -0.15) is 4.37 Å². The minimum atomic E-state index is -0.268. The normalized spacial score (nSPS) is 10.2. The Balaban J connectivity index is 2.23. The second-order valence-electron chi connectivity index (χ2n) is 3.45. The average molecular weight is 328 g/mol. The highest BCUT2D eigenvalue weighted by Gasteiger charge is 2.14. The molecule has 1 N–H and O–H groups in total. The van der Waals surface area contributed by atoms with E-state index in [1.54, 1.807) is 25.1 Å². The van der Waals surface area contributed by atoms with Gasteiger partial charge in [0, 0.05) is 16.0 Å². The molecule has 0 aliphatic heterocycles. The van der Waals surface area contributed by atoms with Gasteiger partial charge in [-0.3, -0.25) is 10.1 Å². The molecule has 0 aliphatic carbocycles. The number of nitrogens with one attached hydrogen (secondary N) is 1. The molecule has 2 aromatic rings. The molecule has 7 heteroatoms. The number of ether oxygens (including phenoxy) is 1. The van der Waals surface area contributed by atoms with Crippen LogP contribution in [0.5, 0.6) is 5.75 Å². The zero-order chi connectivity index (χ0) is 13.1. The largest absolute Gasteiger partial charge is 0.496 e. The smallest absolute Gasteiger partial charge is 0.261 e. The van der Waals surface area contributed by atoms with Gasteiger partial charge in [0.1, 0.15) is 11.6 Å². The SMILES string of the molecule is COc1cc(Br)ccc1C(=O)Nc1nc(C)ns1. The van der Waals surface area contributed by atoms with Crippen LogP contribution in [0.4, 0.5) is 5.13 Å². The van der Waals surface area contributed by atoms with Crippen molar-refractivity contribution in [1.82, 2.24) is 9.36 Å². The lowest BCUT2D eigenvalue weighted by Crippen LogP contribution is -2.13. The average Bonchev–Trinajstić information content (AvgIpc) is 2.74. The molecule has 1 amide bonds. The molecule has 0 atom stereocenters. The van der Waals surface area contributed by atoms with Crippen LogP contribution in [0.2, 0.25) is 0 Å². The summed E-state index contributed by atoms with van der Waals surface area (Å²) in [6.07, 6.45) is 0. The number of amides is 1. The Morgan fingerprint density at radius 3 is 2.89 bits per heavy atom. The molecule has 0 saturated carbocycles. The number of nitrogens with zero attached hydrogens (tertiary/aromatic N) is 2. The van der Waals surface area contributed by atoms with Crippen molar-refractivity contribution < 1.29 is 9.53 Å². The number of aryl methyl sites for hydroxylation is 1. The van der Waals surface area contributed by atoms with E-state index in [9.17, 15) is 4.79 Å². The lowest BCUT2D eigenvalue weighted by atomic mass is 10.2. The highest BCUT2D eigenvalue weighted by atomic mass is 79.9. The first-order chi connectivity index (χ1) is 8.60. The molecule has 1 aromatic carbocycles. The van der Waals surface area contributed by atoms with Crippen LogP contribution in [0, 0.1) is 6.92 Å². The molecule has 5 nitrogen and oxygen atoms in total. The van der Waals surface area contributed by atoms with Crippen LogP contribution >= 0.6 is 27.5 Å². The summed E-state index contributed by atoms with van der Waals surface area (Å²) < 4.78 is 10.0. The molecule has 0 fully saturated rings. The van der Waals surface area contributed by atoms with Gasteiger partial charge in [-0.05, 0) is 25.1 Å². The summed E-state index contributed by atoms with van der Waals surface area (Å²) in [6.45, 7) is 1.77. The van der Waals surface area contributed by atoms with Gasteiger partial charge in [0.2, 0.25) is 5.13 Å². The van der Waals surface area contributed by atoms with Crippen molar-refractivity contribution in [3.63, 3.8) is 0 Å². The molecule has 0 spiro atoms. The van der Waals surface area contributed by atoms with Crippen LogP contribution in [0.1, 0.15) is 16.2 Å². The Morgan fingerprint density at radius 2 is 2.28 bits per heavy atom. The maximum Gasteiger partial charge on any atom is 0.261 e. The van der Waals surface area contributed by atoms with Gasteiger partial charge >= 0.3 is 0 Å². The number of methoxy groups -OCH3 is 1. The van der Waals surface area contributed by atoms with E-state index in [0.717, 1.165) is 16.0 Å². The Bertz CT molecular complexity index is 585. The van der Waals surface area contributed by atoms with E-state index in [1.807, 2.05) is 0 Å². The van der Waals surface area contributed by atoms with E-state index in [2.05, 4.69) is 30.6 Å². The molecule has 2 rings (SSSR count). The van der Waals surface area contributed by atoms with Crippen molar-refractivity contribution >= 4 is 38.5 Å². The van der Waals surface area contributed by atoms with Crippen LogP contribution < -0.4 is 10.1 Å². The summed E-state index contributed by atoms with van der Waals surface area (Å²) in [5.74, 6) is 0.872.